The number of nitrogens with one attached hydrogen (secondary N) is 1. The first-order valence-corrected chi connectivity index (χ1v) is 11.3. The molecule has 0 aromatic heterocycles. The summed E-state index contributed by atoms with van der Waals surface area (Å²) in [5.41, 5.74) is 1.00. The van der Waals surface area contributed by atoms with Crippen molar-refractivity contribution in [1.29, 1.82) is 0 Å². The van der Waals surface area contributed by atoms with Crippen LogP contribution in [-0.4, -0.2) is 51.0 Å². The van der Waals surface area contributed by atoms with Gasteiger partial charge in [-0.1, -0.05) is 37.0 Å². The van der Waals surface area contributed by atoms with Crippen molar-refractivity contribution in [3.05, 3.63) is 29.8 Å². The Morgan fingerprint density at radius 1 is 1.19 bits per heavy atom. The Balaban J connectivity index is 2.09. The number of ether oxygens (including phenoxy) is 1. The summed E-state index contributed by atoms with van der Waals surface area (Å²) in [6, 6.07) is 6.72. The first-order valence-electron chi connectivity index (χ1n) is 9.88. The Labute approximate surface area is 163 Å². The highest BCUT2D eigenvalue weighted by Gasteiger charge is 2.33. The molecule has 7 heteroatoms. The Hall–Kier alpha value is -1.44. The molecule has 0 aliphatic heterocycles. The monoisotopic (exact) mass is 396 g/mol. The van der Waals surface area contributed by atoms with Gasteiger partial charge >= 0.3 is 0 Å². The summed E-state index contributed by atoms with van der Waals surface area (Å²) in [5.74, 6) is -0.257. The van der Waals surface area contributed by atoms with E-state index in [1.807, 2.05) is 13.8 Å². The molecule has 1 amide bonds. The van der Waals surface area contributed by atoms with E-state index in [-0.39, 0.29) is 23.4 Å². The summed E-state index contributed by atoms with van der Waals surface area (Å²) in [7, 11) is -3.70. The molecule has 0 heterocycles. The Morgan fingerprint density at radius 3 is 2.48 bits per heavy atom. The van der Waals surface area contributed by atoms with Crippen LogP contribution in [0, 0.1) is 6.92 Å². The third-order valence-electron chi connectivity index (χ3n) is 4.90. The number of carbonyl (C=O) groups excluding carboxylic acids is 1. The number of nitrogens with zero attached hydrogens (tertiary/aromatic N) is 1. The zero-order valence-electron chi connectivity index (χ0n) is 16.4. The van der Waals surface area contributed by atoms with E-state index in [4.69, 9.17) is 4.74 Å². The molecule has 152 valence electrons. The van der Waals surface area contributed by atoms with Gasteiger partial charge in [0.1, 0.15) is 0 Å². The van der Waals surface area contributed by atoms with Gasteiger partial charge in [-0.05, 0) is 45.2 Å². The molecule has 2 rings (SSSR count). The molecule has 1 aliphatic rings. The number of hydrogen-bond donors (Lipinski definition) is 1. The number of amides is 1. The van der Waals surface area contributed by atoms with Crippen LogP contribution in [0.2, 0.25) is 0 Å². The molecular weight excluding hydrogens is 364 g/mol. The maximum atomic E-state index is 13.2. The van der Waals surface area contributed by atoms with Gasteiger partial charge in [-0.3, -0.25) is 4.79 Å². The van der Waals surface area contributed by atoms with E-state index in [9.17, 15) is 13.2 Å². The highest BCUT2D eigenvalue weighted by atomic mass is 32.2. The standard InChI is InChI=1S/C20H32N2O4S/c1-3-26-15-7-14-21-20(23)16-22(18-8-5-4-6-9-18)27(24,25)19-12-10-17(2)11-13-19/h10-13,18H,3-9,14-16H2,1-2H3,(H,21,23). The van der Waals surface area contributed by atoms with Gasteiger partial charge in [0, 0.05) is 25.8 Å². The Kier molecular flexibility index (Phi) is 8.73. The minimum Gasteiger partial charge on any atom is -0.382 e. The summed E-state index contributed by atoms with van der Waals surface area (Å²) in [4.78, 5) is 12.7. The number of benzene rings is 1. The quantitative estimate of drug-likeness (QED) is 0.617. The van der Waals surface area contributed by atoms with Crippen molar-refractivity contribution < 1.29 is 17.9 Å². The molecule has 0 spiro atoms. The minimum absolute atomic E-state index is 0.112. The highest BCUT2D eigenvalue weighted by Crippen LogP contribution is 2.27. The fourth-order valence-corrected chi connectivity index (χ4v) is 5.01. The lowest BCUT2D eigenvalue weighted by Crippen LogP contribution is -2.47. The minimum atomic E-state index is -3.70. The van der Waals surface area contributed by atoms with Gasteiger partial charge in [0.05, 0.1) is 11.4 Å². The predicted octanol–water partition coefficient (Wildman–Crippen LogP) is 2.86. The molecular formula is C20H32N2O4S. The number of aryl methyl sites for hydroxylation is 1. The normalized spacial score (nSPS) is 15.8. The predicted molar refractivity (Wildman–Crippen MR) is 106 cm³/mol. The van der Waals surface area contributed by atoms with Crippen LogP contribution < -0.4 is 5.32 Å². The van der Waals surface area contributed by atoms with Gasteiger partial charge in [0.2, 0.25) is 15.9 Å². The zero-order chi connectivity index (χ0) is 19.7. The second-order valence-corrected chi connectivity index (χ2v) is 8.95. The van der Waals surface area contributed by atoms with Crippen LogP contribution in [-0.2, 0) is 19.6 Å². The molecule has 1 fully saturated rings. The lowest BCUT2D eigenvalue weighted by atomic mass is 9.95. The van der Waals surface area contributed by atoms with Crippen molar-refractivity contribution in [3.8, 4) is 0 Å². The van der Waals surface area contributed by atoms with E-state index < -0.39 is 10.0 Å². The fourth-order valence-electron chi connectivity index (χ4n) is 3.37. The maximum Gasteiger partial charge on any atom is 0.243 e. The molecule has 0 saturated heterocycles. The van der Waals surface area contributed by atoms with Crippen LogP contribution in [0.15, 0.2) is 29.2 Å². The van der Waals surface area contributed by atoms with Gasteiger partial charge in [0.15, 0.2) is 0 Å². The molecule has 6 nitrogen and oxygen atoms in total. The summed E-state index contributed by atoms with van der Waals surface area (Å²) in [6.45, 7) is 5.45. The molecule has 1 N–H and O–H groups in total. The van der Waals surface area contributed by atoms with Crippen LogP contribution in [0.4, 0.5) is 0 Å². The van der Waals surface area contributed by atoms with Crippen LogP contribution in [0.25, 0.3) is 0 Å². The Bertz CT molecular complexity index is 682. The third-order valence-corrected chi connectivity index (χ3v) is 6.81. The van der Waals surface area contributed by atoms with Crippen LogP contribution in [0.3, 0.4) is 0 Å². The summed E-state index contributed by atoms with van der Waals surface area (Å²) in [5, 5.41) is 2.82. The maximum absolute atomic E-state index is 13.2. The molecule has 1 aliphatic carbocycles. The largest absolute Gasteiger partial charge is 0.382 e. The third kappa shape index (κ3) is 6.59. The molecule has 0 atom stereocenters. The number of carbonyl (C=O) groups is 1. The molecule has 1 aromatic carbocycles. The van der Waals surface area contributed by atoms with E-state index in [0.717, 1.165) is 37.7 Å². The lowest BCUT2D eigenvalue weighted by molar-refractivity contribution is -0.121. The summed E-state index contributed by atoms with van der Waals surface area (Å²) < 4.78 is 33.1. The summed E-state index contributed by atoms with van der Waals surface area (Å²) >= 11 is 0. The molecule has 27 heavy (non-hydrogen) atoms. The van der Waals surface area contributed by atoms with Gasteiger partial charge in [0.25, 0.3) is 0 Å². The number of sulfonamides is 1. The van der Waals surface area contributed by atoms with Crippen molar-refractivity contribution in [3.63, 3.8) is 0 Å². The molecule has 0 unspecified atom stereocenters. The van der Waals surface area contributed by atoms with Gasteiger partial charge in [-0.25, -0.2) is 8.42 Å². The van der Waals surface area contributed by atoms with Gasteiger partial charge in [-0.15, -0.1) is 0 Å². The van der Waals surface area contributed by atoms with E-state index >= 15 is 0 Å². The van der Waals surface area contributed by atoms with Crippen molar-refractivity contribution in [1.82, 2.24) is 9.62 Å². The number of rotatable bonds is 10. The molecule has 0 bridgehead atoms. The molecule has 1 aromatic rings. The number of hydrogen-bond acceptors (Lipinski definition) is 4. The van der Waals surface area contributed by atoms with Crippen LogP contribution in [0.5, 0.6) is 0 Å². The second-order valence-electron chi connectivity index (χ2n) is 7.06. The van der Waals surface area contributed by atoms with Crippen molar-refractivity contribution >= 4 is 15.9 Å². The second kappa shape index (κ2) is 10.8. The zero-order valence-corrected chi connectivity index (χ0v) is 17.3. The topological polar surface area (TPSA) is 75.7 Å². The summed E-state index contributed by atoms with van der Waals surface area (Å²) in [6.07, 6.45) is 5.46. The Morgan fingerprint density at radius 2 is 1.85 bits per heavy atom. The molecule has 1 saturated carbocycles. The average molecular weight is 397 g/mol. The van der Waals surface area contributed by atoms with E-state index in [1.54, 1.807) is 24.3 Å². The van der Waals surface area contributed by atoms with Gasteiger partial charge < -0.3 is 10.1 Å². The first kappa shape index (κ1) is 21.9. The van der Waals surface area contributed by atoms with Gasteiger partial charge in [-0.2, -0.15) is 4.31 Å². The fraction of sp³-hybridized carbons (Fsp3) is 0.650. The van der Waals surface area contributed by atoms with Crippen LogP contribution >= 0.6 is 0 Å². The molecule has 0 radical (unpaired) electrons. The SMILES string of the molecule is CCOCCCNC(=O)CN(C1CCCCC1)S(=O)(=O)c1ccc(C)cc1. The van der Waals surface area contributed by atoms with Crippen molar-refractivity contribution in [2.24, 2.45) is 0 Å². The first-order chi connectivity index (χ1) is 12.9. The lowest BCUT2D eigenvalue weighted by Gasteiger charge is -2.33. The van der Waals surface area contributed by atoms with E-state index in [0.29, 0.717) is 26.2 Å². The highest BCUT2D eigenvalue weighted by molar-refractivity contribution is 7.89. The van der Waals surface area contributed by atoms with E-state index in [1.165, 1.54) is 4.31 Å². The van der Waals surface area contributed by atoms with Crippen molar-refractivity contribution in [2.75, 3.05) is 26.3 Å². The average Bonchev–Trinajstić information content (AvgIpc) is 2.67. The smallest absolute Gasteiger partial charge is 0.243 e. The van der Waals surface area contributed by atoms with Crippen LogP contribution in [0.1, 0.15) is 51.0 Å². The van der Waals surface area contributed by atoms with Crippen molar-refractivity contribution in [2.45, 2.75) is 63.3 Å². The van der Waals surface area contributed by atoms with E-state index in [2.05, 4.69) is 5.32 Å².